The van der Waals surface area contributed by atoms with Gasteiger partial charge in [-0.15, -0.1) is 11.3 Å². The number of anilines is 1. The smallest absolute Gasteiger partial charge is 0.292 e. The van der Waals surface area contributed by atoms with Gasteiger partial charge in [-0.1, -0.05) is 6.42 Å². The maximum absolute atomic E-state index is 14.5. The summed E-state index contributed by atoms with van der Waals surface area (Å²) in [5, 5.41) is 0.800. The molecule has 5 nitrogen and oxygen atoms in total. The van der Waals surface area contributed by atoms with Gasteiger partial charge < -0.3 is 14.5 Å². The zero-order valence-corrected chi connectivity index (χ0v) is 16.7. The van der Waals surface area contributed by atoms with Crippen LogP contribution in [0, 0.1) is 0 Å². The van der Waals surface area contributed by atoms with Crippen LogP contribution in [0.15, 0.2) is 16.2 Å². The van der Waals surface area contributed by atoms with Crippen LogP contribution in [0.2, 0.25) is 0 Å². The van der Waals surface area contributed by atoms with Crippen molar-refractivity contribution >= 4 is 43.3 Å². The first-order valence-corrected chi connectivity index (χ1v) is 10.5. The van der Waals surface area contributed by atoms with Crippen LogP contribution < -0.4 is 4.90 Å². The second-order valence-corrected chi connectivity index (χ2v) is 9.28. The number of piperidine rings is 1. The van der Waals surface area contributed by atoms with Gasteiger partial charge in [-0.05, 0) is 47.9 Å². The summed E-state index contributed by atoms with van der Waals surface area (Å²) in [4.78, 5) is 13.2. The summed E-state index contributed by atoms with van der Waals surface area (Å²) in [6.45, 7) is 2.93. The van der Waals surface area contributed by atoms with Gasteiger partial charge >= 0.3 is 0 Å². The highest BCUT2D eigenvalue weighted by Gasteiger charge is 2.49. The highest BCUT2D eigenvalue weighted by atomic mass is 79.9. The Kier molecular flexibility index (Phi) is 5.41. The van der Waals surface area contributed by atoms with Crippen molar-refractivity contribution in [1.29, 1.82) is 0 Å². The zero-order valence-electron chi connectivity index (χ0n) is 14.3. The maximum atomic E-state index is 14.5. The number of aromatic nitrogens is 2. The molecule has 0 aromatic carbocycles. The zero-order chi connectivity index (χ0) is 18.1. The molecule has 0 saturated carbocycles. The molecule has 2 aromatic rings. The Morgan fingerprint density at radius 2 is 2.08 bits per heavy atom. The molecule has 0 amide bonds. The maximum Gasteiger partial charge on any atom is 0.292 e. The third-order valence-corrected chi connectivity index (χ3v) is 6.56. The van der Waals surface area contributed by atoms with Crippen molar-refractivity contribution in [3.63, 3.8) is 0 Å². The number of nitrogens with zero attached hydrogens (tertiary/aromatic N) is 4. The van der Waals surface area contributed by atoms with E-state index in [1.165, 1.54) is 36.9 Å². The number of hydrogen-bond acceptors (Lipinski definition) is 6. The van der Waals surface area contributed by atoms with E-state index >= 15 is 0 Å². The summed E-state index contributed by atoms with van der Waals surface area (Å²) >= 11 is 4.90. The van der Waals surface area contributed by atoms with Crippen LogP contribution in [0.4, 0.5) is 14.6 Å². The minimum absolute atomic E-state index is 0.145. The predicted molar refractivity (Wildman–Crippen MR) is 102 cm³/mol. The predicted octanol–water partition coefficient (Wildman–Crippen LogP) is 3.78. The van der Waals surface area contributed by atoms with E-state index in [1.54, 1.807) is 4.90 Å². The molecule has 0 bridgehead atoms. The van der Waals surface area contributed by atoms with Crippen LogP contribution in [-0.4, -0.2) is 66.2 Å². The Hall–Kier alpha value is -0.900. The van der Waals surface area contributed by atoms with E-state index < -0.39 is 12.0 Å². The Bertz CT molecular complexity index is 768. The van der Waals surface area contributed by atoms with Gasteiger partial charge in [0.2, 0.25) is 0 Å². The highest BCUT2D eigenvalue weighted by Crippen LogP contribution is 2.38. The molecule has 142 valence electrons. The standard InChI is InChI=1S/C17H21BrF2N4OS/c18-14-8-12-15(21-11-22-16(12)26-14)24-9-13(17(19,20)10-24)25-7-6-23-4-2-1-3-5-23/h8,11,13H,1-7,9-10H2. The van der Waals surface area contributed by atoms with Crippen LogP contribution in [-0.2, 0) is 4.74 Å². The number of hydrogen-bond donors (Lipinski definition) is 0. The van der Waals surface area contributed by atoms with E-state index in [0.29, 0.717) is 12.4 Å². The van der Waals surface area contributed by atoms with Crippen LogP contribution in [0.25, 0.3) is 10.2 Å². The van der Waals surface area contributed by atoms with Gasteiger partial charge in [-0.25, -0.2) is 18.7 Å². The number of halogens is 3. The third-order valence-electron chi connectivity index (χ3n) is 5.01. The molecule has 4 rings (SSSR count). The minimum Gasteiger partial charge on any atom is -0.369 e. The van der Waals surface area contributed by atoms with Crippen LogP contribution in [0.3, 0.4) is 0 Å². The fourth-order valence-corrected chi connectivity index (χ4v) is 5.07. The molecule has 2 saturated heterocycles. The van der Waals surface area contributed by atoms with E-state index in [-0.39, 0.29) is 13.1 Å². The minimum atomic E-state index is -2.88. The third kappa shape index (κ3) is 3.85. The van der Waals surface area contributed by atoms with Gasteiger partial charge in [0.05, 0.1) is 28.9 Å². The van der Waals surface area contributed by atoms with Gasteiger partial charge in [0, 0.05) is 6.54 Å². The number of likely N-dealkylation sites (tertiary alicyclic amines) is 1. The van der Waals surface area contributed by atoms with Crippen molar-refractivity contribution in [3.8, 4) is 0 Å². The fourth-order valence-electron chi connectivity index (χ4n) is 3.66. The second kappa shape index (κ2) is 7.61. The second-order valence-electron chi connectivity index (χ2n) is 6.87. The molecule has 1 atom stereocenters. The van der Waals surface area contributed by atoms with Gasteiger partial charge in [0.1, 0.15) is 23.1 Å². The summed E-state index contributed by atoms with van der Waals surface area (Å²) in [7, 11) is 0. The lowest BCUT2D eigenvalue weighted by atomic mass is 10.1. The van der Waals surface area contributed by atoms with E-state index in [1.807, 2.05) is 6.07 Å². The molecular weight excluding hydrogens is 426 g/mol. The van der Waals surface area contributed by atoms with Crippen molar-refractivity contribution in [3.05, 3.63) is 16.2 Å². The molecule has 2 aliphatic rings. The van der Waals surface area contributed by atoms with Crippen molar-refractivity contribution in [1.82, 2.24) is 14.9 Å². The summed E-state index contributed by atoms with van der Waals surface area (Å²) in [6.07, 6.45) is 3.97. The number of thiophene rings is 1. The first-order chi connectivity index (χ1) is 12.5. The van der Waals surface area contributed by atoms with Gasteiger partial charge in [-0.3, -0.25) is 0 Å². The van der Waals surface area contributed by atoms with Crippen LogP contribution in [0.1, 0.15) is 19.3 Å². The molecule has 2 aliphatic heterocycles. The lowest BCUT2D eigenvalue weighted by molar-refractivity contribution is -0.107. The number of fused-ring (bicyclic) bond motifs is 1. The normalized spacial score (nSPS) is 23.8. The Morgan fingerprint density at radius 1 is 1.27 bits per heavy atom. The lowest BCUT2D eigenvalue weighted by Crippen LogP contribution is -2.38. The van der Waals surface area contributed by atoms with E-state index in [2.05, 4.69) is 30.8 Å². The lowest BCUT2D eigenvalue weighted by Gasteiger charge is -2.27. The molecule has 0 N–H and O–H groups in total. The van der Waals surface area contributed by atoms with Crippen molar-refractivity contribution in [2.75, 3.05) is 44.2 Å². The van der Waals surface area contributed by atoms with Crippen LogP contribution >= 0.6 is 27.3 Å². The topological polar surface area (TPSA) is 41.5 Å². The fraction of sp³-hybridized carbons (Fsp3) is 0.647. The number of rotatable bonds is 5. The monoisotopic (exact) mass is 446 g/mol. The molecule has 0 radical (unpaired) electrons. The molecule has 0 aliphatic carbocycles. The molecule has 2 fully saturated rings. The van der Waals surface area contributed by atoms with Crippen molar-refractivity contribution in [2.45, 2.75) is 31.3 Å². The van der Waals surface area contributed by atoms with E-state index in [9.17, 15) is 8.78 Å². The molecule has 2 aromatic heterocycles. The molecule has 4 heterocycles. The molecule has 26 heavy (non-hydrogen) atoms. The highest BCUT2D eigenvalue weighted by molar-refractivity contribution is 9.11. The quantitative estimate of drug-likeness (QED) is 0.698. The Labute approximate surface area is 163 Å². The summed E-state index contributed by atoms with van der Waals surface area (Å²) < 4.78 is 35.5. The van der Waals surface area contributed by atoms with Crippen molar-refractivity contribution < 1.29 is 13.5 Å². The summed E-state index contributed by atoms with van der Waals surface area (Å²) in [6, 6.07) is 1.89. The van der Waals surface area contributed by atoms with Crippen molar-refractivity contribution in [2.24, 2.45) is 0 Å². The molecule has 0 spiro atoms. The average molecular weight is 447 g/mol. The SMILES string of the molecule is FC1(F)CN(c2ncnc3sc(Br)cc23)CC1OCCN1CCCCC1. The molecular formula is C17H21BrF2N4OS. The molecule has 9 heteroatoms. The Balaban J connectivity index is 1.42. The van der Waals surface area contributed by atoms with E-state index in [0.717, 1.165) is 33.6 Å². The number of alkyl halides is 2. The number of ether oxygens (including phenoxy) is 1. The first-order valence-electron chi connectivity index (χ1n) is 8.90. The first kappa shape index (κ1) is 18.5. The van der Waals surface area contributed by atoms with E-state index in [4.69, 9.17) is 4.74 Å². The van der Waals surface area contributed by atoms with Gasteiger partial charge in [0.15, 0.2) is 0 Å². The summed E-state index contributed by atoms with van der Waals surface area (Å²) in [5.41, 5.74) is 0. The molecule has 1 unspecified atom stereocenters. The van der Waals surface area contributed by atoms with Crippen LogP contribution in [0.5, 0.6) is 0 Å². The Morgan fingerprint density at radius 3 is 2.88 bits per heavy atom. The summed E-state index contributed by atoms with van der Waals surface area (Å²) in [5.74, 6) is -2.33. The average Bonchev–Trinajstić information content (AvgIpc) is 3.14. The van der Waals surface area contributed by atoms with Gasteiger partial charge in [0.25, 0.3) is 5.92 Å². The largest absolute Gasteiger partial charge is 0.369 e. The van der Waals surface area contributed by atoms with Gasteiger partial charge in [-0.2, -0.15) is 0 Å².